The molecule has 0 saturated carbocycles. The monoisotopic (exact) mass is 191 g/mol. The number of hydrogen-bond acceptors (Lipinski definition) is 3. The van der Waals surface area contributed by atoms with Crippen LogP contribution in [0.3, 0.4) is 0 Å². The van der Waals surface area contributed by atoms with Crippen LogP contribution >= 0.6 is 0 Å². The fourth-order valence-electron chi connectivity index (χ4n) is 1.32. The zero-order valence-corrected chi connectivity index (χ0v) is 8.19. The van der Waals surface area contributed by atoms with Crippen molar-refractivity contribution in [1.29, 1.82) is 0 Å². The van der Waals surface area contributed by atoms with E-state index in [2.05, 4.69) is 12.1 Å². The largest absolute Gasteiger partial charge is 0.493 e. The van der Waals surface area contributed by atoms with E-state index in [1.165, 1.54) is 0 Å². The van der Waals surface area contributed by atoms with Crippen molar-refractivity contribution in [2.75, 3.05) is 6.61 Å². The molecule has 3 nitrogen and oxygen atoms in total. The zero-order valence-electron chi connectivity index (χ0n) is 8.19. The number of unbranched alkanes of at least 4 members (excludes halogenated alkanes) is 1. The smallest absolute Gasteiger partial charge is 0.135 e. The van der Waals surface area contributed by atoms with Crippen molar-refractivity contribution in [2.24, 2.45) is 0 Å². The summed E-state index contributed by atoms with van der Waals surface area (Å²) in [7, 11) is 0. The molecule has 0 saturated heterocycles. The molecule has 74 valence electrons. The highest BCUT2D eigenvalue weighted by atomic mass is 16.5. The Morgan fingerprint density at radius 1 is 1.43 bits per heavy atom. The van der Waals surface area contributed by atoms with Gasteiger partial charge in [0.1, 0.15) is 17.5 Å². The highest BCUT2D eigenvalue weighted by Gasteiger charge is 2.04. The third-order valence-corrected chi connectivity index (χ3v) is 2.12. The van der Waals surface area contributed by atoms with E-state index in [1.54, 1.807) is 6.26 Å². The lowest BCUT2D eigenvalue weighted by molar-refractivity contribution is 0.312. The van der Waals surface area contributed by atoms with Crippen LogP contribution in [0.4, 0.5) is 0 Å². The van der Waals surface area contributed by atoms with Gasteiger partial charge in [0.2, 0.25) is 0 Å². The average molecular weight is 191 g/mol. The maximum atomic E-state index is 5.62. The summed E-state index contributed by atoms with van der Waals surface area (Å²) in [5.74, 6) is 0.859. The first-order valence-corrected chi connectivity index (χ1v) is 4.87. The van der Waals surface area contributed by atoms with E-state index in [4.69, 9.17) is 9.26 Å². The van der Waals surface area contributed by atoms with Gasteiger partial charge in [-0.1, -0.05) is 24.6 Å². The Hall–Kier alpha value is -1.51. The minimum absolute atomic E-state index is 0.751. The molecule has 2 aromatic rings. The number of rotatable bonds is 4. The minimum Gasteiger partial charge on any atom is -0.493 e. The minimum atomic E-state index is 0.751. The van der Waals surface area contributed by atoms with Gasteiger partial charge in [0.15, 0.2) is 0 Å². The molecule has 0 unspecified atom stereocenters. The van der Waals surface area contributed by atoms with Gasteiger partial charge in [-0.3, -0.25) is 0 Å². The molecule has 3 heteroatoms. The summed E-state index contributed by atoms with van der Waals surface area (Å²) in [6, 6.07) is 5.77. The van der Waals surface area contributed by atoms with Gasteiger partial charge in [0.05, 0.1) is 12.0 Å². The Morgan fingerprint density at radius 3 is 3.21 bits per heavy atom. The molecule has 0 aliphatic carbocycles. The van der Waals surface area contributed by atoms with Gasteiger partial charge >= 0.3 is 0 Å². The number of hydrogen-bond donors (Lipinski definition) is 0. The quantitative estimate of drug-likeness (QED) is 0.697. The molecule has 0 spiro atoms. The summed E-state index contributed by atoms with van der Waals surface area (Å²) in [6.45, 7) is 2.89. The third kappa shape index (κ3) is 1.71. The molecule has 14 heavy (non-hydrogen) atoms. The number of nitrogens with zero attached hydrogens (tertiary/aromatic N) is 1. The van der Waals surface area contributed by atoms with Crippen molar-refractivity contribution in [3.63, 3.8) is 0 Å². The van der Waals surface area contributed by atoms with Crippen LogP contribution < -0.4 is 4.74 Å². The van der Waals surface area contributed by atoms with Gasteiger partial charge in [0, 0.05) is 0 Å². The van der Waals surface area contributed by atoms with E-state index in [0.29, 0.717) is 0 Å². The molecule has 0 amide bonds. The second-order valence-electron chi connectivity index (χ2n) is 3.21. The lowest BCUT2D eigenvalue weighted by Crippen LogP contribution is -1.96. The third-order valence-electron chi connectivity index (χ3n) is 2.12. The van der Waals surface area contributed by atoms with Crippen molar-refractivity contribution in [3.05, 3.63) is 24.5 Å². The molecule has 2 rings (SSSR count). The second kappa shape index (κ2) is 4.13. The van der Waals surface area contributed by atoms with Crippen molar-refractivity contribution in [1.82, 2.24) is 5.16 Å². The Labute approximate surface area is 82.7 Å². The number of fused-ring (bicyclic) bond motifs is 1. The number of aromatic nitrogens is 1. The van der Waals surface area contributed by atoms with Crippen molar-refractivity contribution < 1.29 is 9.26 Å². The van der Waals surface area contributed by atoms with Gasteiger partial charge < -0.3 is 9.26 Å². The normalized spacial score (nSPS) is 10.6. The summed E-state index contributed by atoms with van der Waals surface area (Å²) in [5.41, 5.74) is 0.846. The maximum absolute atomic E-state index is 5.62. The summed E-state index contributed by atoms with van der Waals surface area (Å²) in [4.78, 5) is 0. The van der Waals surface area contributed by atoms with E-state index in [1.807, 2.05) is 18.2 Å². The second-order valence-corrected chi connectivity index (χ2v) is 3.21. The molecule has 0 aliphatic heterocycles. The van der Waals surface area contributed by atoms with E-state index < -0.39 is 0 Å². The molecular weight excluding hydrogens is 178 g/mol. The van der Waals surface area contributed by atoms with Gasteiger partial charge in [-0.05, 0) is 18.6 Å². The van der Waals surface area contributed by atoms with Crippen LogP contribution in [0, 0.1) is 0 Å². The predicted octanol–water partition coefficient (Wildman–Crippen LogP) is 3.01. The first-order chi connectivity index (χ1) is 6.92. The molecule has 0 bridgehead atoms. The highest BCUT2D eigenvalue weighted by Crippen LogP contribution is 2.24. The van der Waals surface area contributed by atoms with Crippen LogP contribution in [0.2, 0.25) is 0 Å². The van der Waals surface area contributed by atoms with E-state index in [-0.39, 0.29) is 0 Å². The van der Waals surface area contributed by atoms with Gasteiger partial charge in [0.25, 0.3) is 0 Å². The SMILES string of the molecule is CCCCOc1cccc2nocc12. The summed E-state index contributed by atoms with van der Waals surface area (Å²) in [5, 5.41) is 4.80. The molecule has 1 heterocycles. The first kappa shape index (κ1) is 9.06. The molecule has 0 fully saturated rings. The number of benzene rings is 1. The first-order valence-electron chi connectivity index (χ1n) is 4.87. The maximum Gasteiger partial charge on any atom is 0.135 e. The van der Waals surface area contributed by atoms with Gasteiger partial charge in [-0.15, -0.1) is 0 Å². The van der Waals surface area contributed by atoms with E-state index in [0.717, 1.165) is 36.1 Å². The van der Waals surface area contributed by atoms with E-state index in [9.17, 15) is 0 Å². The molecule has 0 N–H and O–H groups in total. The Morgan fingerprint density at radius 2 is 2.36 bits per heavy atom. The number of ether oxygens (including phenoxy) is 1. The predicted molar refractivity (Wildman–Crippen MR) is 54.4 cm³/mol. The summed E-state index contributed by atoms with van der Waals surface area (Å²) in [6.07, 6.45) is 3.83. The van der Waals surface area contributed by atoms with Crippen LogP contribution in [0.15, 0.2) is 29.0 Å². The lowest BCUT2D eigenvalue weighted by atomic mass is 10.2. The van der Waals surface area contributed by atoms with Crippen LogP contribution in [0.5, 0.6) is 5.75 Å². The average Bonchev–Trinajstić information content (AvgIpc) is 2.67. The molecule has 1 aromatic heterocycles. The van der Waals surface area contributed by atoms with Crippen LogP contribution in [-0.2, 0) is 0 Å². The molecule has 0 aliphatic rings. The standard InChI is InChI=1S/C11H13NO2/c1-2-3-7-13-11-6-4-5-10-9(11)8-14-12-10/h4-6,8H,2-3,7H2,1H3. The van der Waals surface area contributed by atoms with E-state index >= 15 is 0 Å². The van der Waals surface area contributed by atoms with Gasteiger partial charge in [-0.25, -0.2) is 0 Å². The lowest BCUT2D eigenvalue weighted by Gasteiger charge is -2.04. The van der Waals surface area contributed by atoms with Gasteiger partial charge in [-0.2, -0.15) is 0 Å². The Kier molecular flexibility index (Phi) is 2.68. The molecule has 1 aromatic carbocycles. The topological polar surface area (TPSA) is 35.3 Å². The van der Waals surface area contributed by atoms with Crippen molar-refractivity contribution in [2.45, 2.75) is 19.8 Å². The molecular formula is C11H13NO2. The zero-order chi connectivity index (χ0) is 9.80. The summed E-state index contributed by atoms with van der Waals surface area (Å²) >= 11 is 0. The molecule has 0 radical (unpaired) electrons. The van der Waals surface area contributed by atoms with Crippen LogP contribution in [-0.4, -0.2) is 11.8 Å². The van der Waals surface area contributed by atoms with Crippen molar-refractivity contribution in [3.8, 4) is 5.75 Å². The van der Waals surface area contributed by atoms with Crippen LogP contribution in [0.25, 0.3) is 10.9 Å². The Balaban J connectivity index is 2.19. The fourth-order valence-corrected chi connectivity index (χ4v) is 1.32. The Bertz CT molecular complexity index is 408. The molecule has 0 atom stereocenters. The van der Waals surface area contributed by atoms with Crippen LogP contribution in [0.1, 0.15) is 19.8 Å². The van der Waals surface area contributed by atoms with Crippen molar-refractivity contribution >= 4 is 10.9 Å². The highest BCUT2D eigenvalue weighted by molar-refractivity contribution is 5.83. The fraction of sp³-hybridized carbons (Fsp3) is 0.364. The summed E-state index contributed by atoms with van der Waals surface area (Å²) < 4.78 is 10.5.